The normalized spacial score (nSPS) is 12.0. The Morgan fingerprint density at radius 1 is 0.375 bits per heavy atom. The highest BCUT2D eigenvalue weighted by Crippen LogP contribution is 2.19. The summed E-state index contributed by atoms with van der Waals surface area (Å²) < 4.78 is 5.85. The molecule has 1 N–H and O–H groups in total. The van der Waals surface area contributed by atoms with E-state index in [9.17, 15) is 9.59 Å². The van der Waals surface area contributed by atoms with Gasteiger partial charge in [0.2, 0.25) is 0 Å². The molecule has 0 amide bonds. The topological polar surface area (TPSA) is 63.6 Å². The maximum Gasteiger partial charge on any atom is 0.306 e. The third kappa shape index (κ3) is 39.4. The highest BCUT2D eigenvalue weighted by atomic mass is 16.5. The first-order valence-electron chi connectivity index (χ1n) is 22.0. The molecule has 4 heteroatoms. The summed E-state index contributed by atoms with van der Waals surface area (Å²) in [5.74, 6) is -0.844. The molecule has 286 valence electrons. The fourth-order valence-electron chi connectivity index (χ4n) is 7.08. The van der Waals surface area contributed by atoms with Crippen LogP contribution in [0.1, 0.15) is 264 Å². The van der Waals surface area contributed by atoms with E-state index in [2.05, 4.69) is 13.8 Å². The lowest BCUT2D eigenvalue weighted by Crippen LogP contribution is -2.18. The molecule has 1 atom stereocenters. The third-order valence-electron chi connectivity index (χ3n) is 10.3. The fourth-order valence-corrected chi connectivity index (χ4v) is 7.08. The zero-order valence-electron chi connectivity index (χ0n) is 32.8. The van der Waals surface area contributed by atoms with Crippen LogP contribution < -0.4 is 0 Å². The van der Waals surface area contributed by atoms with Gasteiger partial charge in [-0.3, -0.25) is 9.59 Å². The van der Waals surface area contributed by atoms with Crippen molar-refractivity contribution in [2.45, 2.75) is 270 Å². The molecule has 0 rings (SSSR count). The van der Waals surface area contributed by atoms with Crippen molar-refractivity contribution >= 4 is 11.9 Å². The predicted octanol–water partition coefficient (Wildman–Crippen LogP) is 15.2. The molecular formula is C44H86O4. The first-order chi connectivity index (χ1) is 23.6. The summed E-state index contributed by atoms with van der Waals surface area (Å²) in [6.07, 6.45) is 48.5. The van der Waals surface area contributed by atoms with Crippen LogP contribution in [0.4, 0.5) is 0 Å². The first-order valence-corrected chi connectivity index (χ1v) is 22.0. The highest BCUT2D eigenvalue weighted by molar-refractivity contribution is 5.69. The van der Waals surface area contributed by atoms with Crippen molar-refractivity contribution in [3.05, 3.63) is 0 Å². The lowest BCUT2D eigenvalue weighted by atomic mass is 10.0. The number of ether oxygens (including phenoxy) is 1. The van der Waals surface area contributed by atoms with E-state index >= 15 is 0 Å². The lowest BCUT2D eigenvalue weighted by Gasteiger charge is -2.18. The summed E-state index contributed by atoms with van der Waals surface area (Å²) in [7, 11) is 0. The molecule has 0 spiro atoms. The van der Waals surface area contributed by atoms with Gasteiger partial charge in [0.25, 0.3) is 0 Å². The number of aliphatic carboxylic acids is 1. The molecule has 1 unspecified atom stereocenters. The number of carboxylic acid groups (broad SMARTS) is 1. The molecule has 0 aromatic rings. The van der Waals surface area contributed by atoms with Crippen molar-refractivity contribution in [3.63, 3.8) is 0 Å². The number of unbranched alkanes of at least 4 members (excludes halogenated alkanes) is 32. The van der Waals surface area contributed by atoms with Crippen LogP contribution in [0.3, 0.4) is 0 Å². The summed E-state index contributed by atoms with van der Waals surface area (Å²) in [6, 6.07) is 0. The standard InChI is InChI=1S/C44H86O4/c1-3-5-7-9-11-13-15-17-18-19-20-21-22-23-24-26-28-30-32-34-36-41-44(47)48-42(39-37-40-43(45)46)38-35-33-31-29-27-25-16-14-12-10-8-6-4-2/h42H,3-41H2,1-2H3,(H,45,46). The molecule has 4 nitrogen and oxygen atoms in total. The van der Waals surface area contributed by atoms with Crippen LogP contribution in [0.2, 0.25) is 0 Å². The minimum Gasteiger partial charge on any atom is -0.481 e. The maximum absolute atomic E-state index is 12.5. The van der Waals surface area contributed by atoms with E-state index in [1.807, 2.05) is 0 Å². The Kier molecular flexibility index (Phi) is 39.5. The molecule has 0 aliphatic carbocycles. The van der Waals surface area contributed by atoms with E-state index in [1.165, 1.54) is 199 Å². The number of carbonyl (C=O) groups is 2. The Morgan fingerprint density at radius 3 is 0.958 bits per heavy atom. The molecule has 0 aliphatic rings. The smallest absolute Gasteiger partial charge is 0.306 e. The molecule has 0 aliphatic heterocycles. The molecule has 0 aromatic heterocycles. The second-order valence-electron chi connectivity index (χ2n) is 15.3. The fraction of sp³-hybridized carbons (Fsp3) is 0.955. The number of rotatable bonds is 41. The average Bonchev–Trinajstić information content (AvgIpc) is 3.07. The molecule has 0 bridgehead atoms. The summed E-state index contributed by atoms with van der Waals surface area (Å²) in [6.45, 7) is 4.57. The Labute approximate surface area is 301 Å². The van der Waals surface area contributed by atoms with E-state index < -0.39 is 5.97 Å². The second kappa shape index (κ2) is 40.4. The van der Waals surface area contributed by atoms with Crippen molar-refractivity contribution in [1.29, 1.82) is 0 Å². The van der Waals surface area contributed by atoms with Crippen molar-refractivity contribution in [1.82, 2.24) is 0 Å². The Hall–Kier alpha value is -1.06. The van der Waals surface area contributed by atoms with Gasteiger partial charge in [-0.05, 0) is 32.1 Å². The number of hydrogen-bond donors (Lipinski definition) is 1. The van der Waals surface area contributed by atoms with Crippen molar-refractivity contribution in [2.24, 2.45) is 0 Å². The quantitative estimate of drug-likeness (QED) is 0.0516. The molecule has 0 saturated heterocycles. The highest BCUT2D eigenvalue weighted by Gasteiger charge is 2.15. The molecule has 0 radical (unpaired) electrons. The summed E-state index contributed by atoms with van der Waals surface area (Å²) in [5, 5.41) is 9.04. The van der Waals surface area contributed by atoms with E-state index in [0.717, 1.165) is 25.7 Å². The first kappa shape index (κ1) is 46.9. The van der Waals surface area contributed by atoms with Crippen molar-refractivity contribution in [3.8, 4) is 0 Å². The van der Waals surface area contributed by atoms with Gasteiger partial charge in [-0.2, -0.15) is 0 Å². The average molecular weight is 679 g/mol. The largest absolute Gasteiger partial charge is 0.481 e. The minimum absolute atomic E-state index is 0.0807. The maximum atomic E-state index is 12.5. The number of hydrogen-bond acceptors (Lipinski definition) is 3. The van der Waals surface area contributed by atoms with Gasteiger partial charge in [0.15, 0.2) is 0 Å². The number of carbonyl (C=O) groups excluding carboxylic acids is 1. The van der Waals surface area contributed by atoms with Gasteiger partial charge in [-0.25, -0.2) is 0 Å². The minimum atomic E-state index is -0.763. The number of esters is 1. The SMILES string of the molecule is CCCCCCCCCCCCCCCCCCCCCCCC(=O)OC(CCCCCCCCCCCCCCC)CCCC(=O)O. The van der Waals surface area contributed by atoms with Gasteiger partial charge < -0.3 is 9.84 Å². The van der Waals surface area contributed by atoms with Gasteiger partial charge in [-0.15, -0.1) is 0 Å². The molecule has 48 heavy (non-hydrogen) atoms. The van der Waals surface area contributed by atoms with E-state index in [-0.39, 0.29) is 18.5 Å². The van der Waals surface area contributed by atoms with E-state index in [0.29, 0.717) is 19.3 Å². The van der Waals surface area contributed by atoms with Crippen molar-refractivity contribution < 1.29 is 19.4 Å². The van der Waals surface area contributed by atoms with Crippen LogP contribution in [-0.2, 0) is 14.3 Å². The zero-order chi connectivity index (χ0) is 35.0. The van der Waals surface area contributed by atoms with Crippen LogP contribution in [0.25, 0.3) is 0 Å². The van der Waals surface area contributed by atoms with E-state index in [4.69, 9.17) is 9.84 Å². The Balaban J connectivity index is 3.66. The summed E-state index contributed by atoms with van der Waals surface area (Å²) >= 11 is 0. The van der Waals surface area contributed by atoms with Gasteiger partial charge in [0, 0.05) is 12.8 Å². The summed E-state index contributed by atoms with van der Waals surface area (Å²) in [5.41, 5.74) is 0. The predicted molar refractivity (Wildman–Crippen MR) is 209 cm³/mol. The van der Waals surface area contributed by atoms with Crippen LogP contribution in [-0.4, -0.2) is 23.1 Å². The van der Waals surface area contributed by atoms with Crippen LogP contribution in [0, 0.1) is 0 Å². The molecule has 0 saturated carbocycles. The molecular weight excluding hydrogens is 592 g/mol. The van der Waals surface area contributed by atoms with Crippen molar-refractivity contribution in [2.75, 3.05) is 0 Å². The van der Waals surface area contributed by atoms with E-state index in [1.54, 1.807) is 0 Å². The Bertz CT molecular complexity index is 648. The van der Waals surface area contributed by atoms with Crippen LogP contribution in [0.5, 0.6) is 0 Å². The third-order valence-corrected chi connectivity index (χ3v) is 10.3. The second-order valence-corrected chi connectivity index (χ2v) is 15.3. The van der Waals surface area contributed by atoms with Gasteiger partial charge in [-0.1, -0.05) is 219 Å². The monoisotopic (exact) mass is 679 g/mol. The zero-order valence-corrected chi connectivity index (χ0v) is 32.8. The van der Waals surface area contributed by atoms with Crippen LogP contribution >= 0.6 is 0 Å². The lowest BCUT2D eigenvalue weighted by molar-refractivity contribution is -0.150. The molecule has 0 aromatic carbocycles. The Morgan fingerprint density at radius 2 is 0.646 bits per heavy atom. The molecule has 0 heterocycles. The van der Waals surface area contributed by atoms with Gasteiger partial charge in [0.1, 0.15) is 6.10 Å². The number of carboxylic acids is 1. The van der Waals surface area contributed by atoms with Gasteiger partial charge in [0.05, 0.1) is 0 Å². The summed E-state index contributed by atoms with van der Waals surface area (Å²) in [4.78, 5) is 23.5. The molecule has 0 fully saturated rings. The van der Waals surface area contributed by atoms with Gasteiger partial charge >= 0.3 is 11.9 Å². The van der Waals surface area contributed by atoms with Crippen LogP contribution in [0.15, 0.2) is 0 Å².